The summed E-state index contributed by atoms with van der Waals surface area (Å²) in [6, 6.07) is 1.43. The third-order valence-corrected chi connectivity index (χ3v) is 4.90. The fourth-order valence-electron chi connectivity index (χ4n) is 3.72. The fraction of sp³-hybridized carbons (Fsp3) is 1.00. The molecule has 0 amide bonds. The molecular formula is C16H32N2O. The van der Waals surface area contributed by atoms with Crippen LogP contribution >= 0.6 is 0 Å². The van der Waals surface area contributed by atoms with E-state index in [1.807, 2.05) is 0 Å². The topological polar surface area (TPSA) is 24.5 Å². The van der Waals surface area contributed by atoms with Gasteiger partial charge in [0.2, 0.25) is 0 Å². The average Bonchev–Trinajstić information content (AvgIpc) is 2.45. The molecule has 112 valence electrons. The largest absolute Gasteiger partial charge is 0.376 e. The molecule has 1 N–H and O–H groups in total. The van der Waals surface area contributed by atoms with Crippen LogP contribution in [0.25, 0.3) is 0 Å². The lowest BCUT2D eigenvalue weighted by Crippen LogP contribution is -2.57. The summed E-state index contributed by atoms with van der Waals surface area (Å²) in [6.07, 6.45) is 7.13. The zero-order valence-electron chi connectivity index (χ0n) is 13.0. The summed E-state index contributed by atoms with van der Waals surface area (Å²) in [5.74, 6) is 0.933. The first-order valence-electron chi connectivity index (χ1n) is 8.33. The number of rotatable bonds is 5. The van der Waals surface area contributed by atoms with E-state index < -0.39 is 0 Å². The first-order valence-corrected chi connectivity index (χ1v) is 8.33. The summed E-state index contributed by atoms with van der Waals surface area (Å²) in [5, 5.41) is 3.80. The molecule has 3 heteroatoms. The highest BCUT2D eigenvalue weighted by Gasteiger charge is 2.35. The van der Waals surface area contributed by atoms with Gasteiger partial charge in [0.15, 0.2) is 0 Å². The molecule has 0 aromatic heterocycles. The van der Waals surface area contributed by atoms with Crippen LogP contribution in [0.4, 0.5) is 0 Å². The lowest BCUT2D eigenvalue weighted by molar-refractivity contribution is -0.0491. The van der Waals surface area contributed by atoms with Crippen LogP contribution in [0.5, 0.6) is 0 Å². The predicted molar refractivity (Wildman–Crippen MR) is 80.5 cm³/mol. The number of hydrogen-bond acceptors (Lipinski definition) is 3. The van der Waals surface area contributed by atoms with Gasteiger partial charge in [0.05, 0.1) is 12.7 Å². The summed E-state index contributed by atoms with van der Waals surface area (Å²) < 4.78 is 5.71. The third kappa shape index (κ3) is 4.17. The van der Waals surface area contributed by atoms with Crippen molar-refractivity contribution in [3.05, 3.63) is 0 Å². The van der Waals surface area contributed by atoms with Gasteiger partial charge in [0.25, 0.3) is 0 Å². The van der Waals surface area contributed by atoms with E-state index in [-0.39, 0.29) is 0 Å². The Balaban J connectivity index is 1.97. The monoisotopic (exact) mass is 268 g/mol. The van der Waals surface area contributed by atoms with E-state index >= 15 is 0 Å². The van der Waals surface area contributed by atoms with Crippen molar-refractivity contribution >= 4 is 0 Å². The summed E-state index contributed by atoms with van der Waals surface area (Å²) >= 11 is 0. The minimum atomic E-state index is 0.405. The van der Waals surface area contributed by atoms with E-state index in [1.165, 1.54) is 32.1 Å². The molecule has 0 aromatic rings. The van der Waals surface area contributed by atoms with Crippen molar-refractivity contribution in [1.82, 2.24) is 10.2 Å². The van der Waals surface area contributed by atoms with Gasteiger partial charge >= 0.3 is 0 Å². The van der Waals surface area contributed by atoms with Crippen LogP contribution in [0.15, 0.2) is 0 Å². The van der Waals surface area contributed by atoms with Gasteiger partial charge in [-0.2, -0.15) is 0 Å². The maximum absolute atomic E-state index is 5.71. The summed E-state index contributed by atoms with van der Waals surface area (Å²) in [5.41, 5.74) is 0. The zero-order chi connectivity index (χ0) is 13.7. The average molecular weight is 268 g/mol. The highest BCUT2D eigenvalue weighted by molar-refractivity contribution is 4.92. The van der Waals surface area contributed by atoms with Crippen LogP contribution in [-0.4, -0.2) is 49.3 Å². The van der Waals surface area contributed by atoms with Crippen molar-refractivity contribution < 1.29 is 4.74 Å². The Morgan fingerprint density at radius 2 is 2.11 bits per heavy atom. The first-order chi connectivity index (χ1) is 9.24. The van der Waals surface area contributed by atoms with Crippen LogP contribution in [0.2, 0.25) is 0 Å². The Hall–Kier alpha value is -0.120. The second kappa shape index (κ2) is 7.61. The van der Waals surface area contributed by atoms with Crippen molar-refractivity contribution in [3.63, 3.8) is 0 Å². The second-order valence-corrected chi connectivity index (χ2v) is 6.39. The lowest BCUT2D eigenvalue weighted by atomic mass is 9.80. The van der Waals surface area contributed by atoms with Crippen LogP contribution in [0, 0.1) is 5.92 Å². The van der Waals surface area contributed by atoms with Crippen molar-refractivity contribution in [2.45, 2.75) is 71.1 Å². The van der Waals surface area contributed by atoms with Gasteiger partial charge in [-0.15, -0.1) is 0 Å². The second-order valence-electron chi connectivity index (χ2n) is 6.39. The van der Waals surface area contributed by atoms with E-state index in [2.05, 4.69) is 31.0 Å². The Bertz CT molecular complexity index is 259. The van der Waals surface area contributed by atoms with E-state index in [9.17, 15) is 0 Å². The molecule has 1 saturated carbocycles. The number of morpholine rings is 1. The number of hydrogen-bond donors (Lipinski definition) is 1. The molecule has 0 radical (unpaired) electrons. The minimum absolute atomic E-state index is 0.405. The molecule has 2 aliphatic rings. The SMILES string of the molecule is CCCNC1CCC(CC)CC1N1CCOC(C)C1. The highest BCUT2D eigenvalue weighted by atomic mass is 16.5. The Kier molecular flexibility index (Phi) is 6.11. The van der Waals surface area contributed by atoms with E-state index in [0.29, 0.717) is 12.1 Å². The molecule has 1 aliphatic heterocycles. The molecule has 4 unspecified atom stereocenters. The molecule has 0 bridgehead atoms. The van der Waals surface area contributed by atoms with Crippen molar-refractivity contribution in [3.8, 4) is 0 Å². The normalized spacial score (nSPS) is 37.4. The molecule has 1 saturated heterocycles. The van der Waals surface area contributed by atoms with Crippen molar-refractivity contribution in [2.75, 3.05) is 26.2 Å². The van der Waals surface area contributed by atoms with Gasteiger partial charge in [0, 0.05) is 25.2 Å². The fourth-order valence-corrected chi connectivity index (χ4v) is 3.72. The quantitative estimate of drug-likeness (QED) is 0.829. The molecule has 1 heterocycles. The number of nitrogens with zero attached hydrogens (tertiary/aromatic N) is 1. The number of nitrogens with one attached hydrogen (secondary N) is 1. The van der Waals surface area contributed by atoms with Crippen LogP contribution in [-0.2, 0) is 4.74 Å². The Labute approximate surface area is 119 Å². The zero-order valence-corrected chi connectivity index (χ0v) is 13.0. The van der Waals surface area contributed by atoms with Gasteiger partial charge in [-0.05, 0) is 45.1 Å². The molecule has 0 spiro atoms. The van der Waals surface area contributed by atoms with Gasteiger partial charge < -0.3 is 10.1 Å². The number of ether oxygens (including phenoxy) is 1. The summed E-state index contributed by atoms with van der Waals surface area (Å²) in [6.45, 7) is 11.1. The van der Waals surface area contributed by atoms with Gasteiger partial charge in [-0.3, -0.25) is 4.90 Å². The minimum Gasteiger partial charge on any atom is -0.376 e. The molecule has 2 fully saturated rings. The standard InChI is InChI=1S/C16H32N2O/c1-4-8-17-15-7-6-14(5-2)11-16(15)18-9-10-19-13(3)12-18/h13-17H,4-12H2,1-3H3. The van der Waals surface area contributed by atoms with E-state index in [0.717, 1.165) is 38.2 Å². The summed E-state index contributed by atoms with van der Waals surface area (Å²) in [7, 11) is 0. The van der Waals surface area contributed by atoms with E-state index in [1.54, 1.807) is 0 Å². The van der Waals surface area contributed by atoms with Crippen LogP contribution < -0.4 is 5.32 Å². The van der Waals surface area contributed by atoms with Crippen molar-refractivity contribution in [2.24, 2.45) is 5.92 Å². The highest BCUT2D eigenvalue weighted by Crippen LogP contribution is 2.31. The third-order valence-electron chi connectivity index (χ3n) is 4.90. The lowest BCUT2D eigenvalue weighted by Gasteiger charge is -2.45. The summed E-state index contributed by atoms with van der Waals surface area (Å²) in [4.78, 5) is 2.70. The smallest absolute Gasteiger partial charge is 0.0674 e. The van der Waals surface area contributed by atoms with Gasteiger partial charge in [-0.1, -0.05) is 20.3 Å². The van der Waals surface area contributed by atoms with Gasteiger partial charge in [0.1, 0.15) is 0 Å². The molecule has 4 atom stereocenters. The van der Waals surface area contributed by atoms with Crippen LogP contribution in [0.3, 0.4) is 0 Å². The predicted octanol–water partition coefficient (Wildman–Crippen LogP) is 2.65. The maximum Gasteiger partial charge on any atom is 0.0674 e. The molecular weight excluding hydrogens is 236 g/mol. The van der Waals surface area contributed by atoms with Crippen LogP contribution in [0.1, 0.15) is 52.9 Å². The molecule has 1 aliphatic carbocycles. The van der Waals surface area contributed by atoms with E-state index in [4.69, 9.17) is 4.74 Å². The Morgan fingerprint density at radius 3 is 2.79 bits per heavy atom. The maximum atomic E-state index is 5.71. The molecule has 19 heavy (non-hydrogen) atoms. The molecule has 3 nitrogen and oxygen atoms in total. The van der Waals surface area contributed by atoms with Crippen molar-refractivity contribution in [1.29, 1.82) is 0 Å². The molecule has 2 rings (SSSR count). The molecule has 0 aromatic carbocycles. The first kappa shape index (κ1) is 15.3. The van der Waals surface area contributed by atoms with Gasteiger partial charge in [-0.25, -0.2) is 0 Å². The Morgan fingerprint density at radius 1 is 1.26 bits per heavy atom.